The molecule has 1 unspecified atom stereocenters. The zero-order chi connectivity index (χ0) is 16.1. The number of carbonyl (C=O) groups is 1. The van der Waals surface area contributed by atoms with E-state index in [4.69, 9.17) is 11.6 Å². The summed E-state index contributed by atoms with van der Waals surface area (Å²) in [5, 5.41) is 2.64. The average Bonchev–Trinajstić information content (AvgIpc) is 2.50. The number of nitrogens with one attached hydrogen (secondary N) is 1. The van der Waals surface area contributed by atoms with Gasteiger partial charge in [0.25, 0.3) is 5.91 Å². The summed E-state index contributed by atoms with van der Waals surface area (Å²) in [4.78, 5) is 12.1. The lowest BCUT2D eigenvalue weighted by Gasteiger charge is -2.14. The zero-order valence-corrected chi connectivity index (χ0v) is 12.8. The highest BCUT2D eigenvalue weighted by Crippen LogP contribution is 2.20. The highest BCUT2D eigenvalue weighted by atomic mass is 35.5. The molecule has 0 aliphatic rings. The molecule has 116 valence electrons. The fourth-order valence-electron chi connectivity index (χ4n) is 2.10. The van der Waals surface area contributed by atoms with Crippen LogP contribution in [0.15, 0.2) is 42.5 Å². The lowest BCUT2D eigenvalue weighted by atomic mass is 10.1. The molecule has 0 fully saturated rings. The first-order valence-corrected chi connectivity index (χ1v) is 7.34. The molecular weight excluding hydrogens is 308 g/mol. The minimum Gasteiger partial charge on any atom is -0.350 e. The maximum Gasteiger partial charge on any atom is 0.253 e. The van der Waals surface area contributed by atoms with E-state index in [0.29, 0.717) is 0 Å². The van der Waals surface area contributed by atoms with Crippen molar-refractivity contribution in [2.24, 2.45) is 0 Å². The highest BCUT2D eigenvalue weighted by Gasteiger charge is 2.16. The lowest BCUT2D eigenvalue weighted by Crippen LogP contribution is -2.33. The van der Waals surface area contributed by atoms with Gasteiger partial charge < -0.3 is 5.32 Å². The van der Waals surface area contributed by atoms with Crippen molar-refractivity contribution in [3.63, 3.8) is 0 Å². The van der Waals surface area contributed by atoms with E-state index in [-0.39, 0.29) is 16.6 Å². The molecule has 1 amide bonds. The first kappa shape index (κ1) is 16.4. The summed E-state index contributed by atoms with van der Waals surface area (Å²) in [7, 11) is 0. The third-order valence-electron chi connectivity index (χ3n) is 3.34. The Bertz CT molecular complexity index is 661. The van der Waals surface area contributed by atoms with Crippen molar-refractivity contribution < 1.29 is 13.6 Å². The quantitative estimate of drug-likeness (QED) is 0.813. The Morgan fingerprint density at radius 2 is 1.82 bits per heavy atom. The van der Waals surface area contributed by atoms with Crippen molar-refractivity contribution in [3.05, 3.63) is 70.2 Å². The maximum absolute atomic E-state index is 13.2. The van der Waals surface area contributed by atoms with Gasteiger partial charge in [-0.1, -0.05) is 41.9 Å². The molecule has 0 saturated heterocycles. The predicted octanol–water partition coefficient (Wildman–Crippen LogP) is 4.37. The molecule has 1 atom stereocenters. The number of carbonyl (C=O) groups excluding carboxylic acids is 1. The third-order valence-corrected chi connectivity index (χ3v) is 3.65. The molecule has 0 aliphatic heterocycles. The van der Waals surface area contributed by atoms with E-state index < -0.39 is 17.5 Å². The van der Waals surface area contributed by atoms with Gasteiger partial charge in [0.15, 0.2) is 11.6 Å². The fraction of sp³-hybridized carbons (Fsp3) is 0.235. The van der Waals surface area contributed by atoms with Crippen molar-refractivity contribution in [2.45, 2.75) is 25.8 Å². The molecule has 5 heteroatoms. The number of hydrogen-bond donors (Lipinski definition) is 1. The molecule has 22 heavy (non-hydrogen) atoms. The maximum atomic E-state index is 13.2. The first-order chi connectivity index (χ1) is 10.5. The molecule has 2 aromatic carbocycles. The van der Waals surface area contributed by atoms with E-state index in [2.05, 4.69) is 5.32 Å². The SMILES string of the molecule is CC(CCc1ccccc1)NC(=O)c1cc(F)c(F)cc1Cl. The van der Waals surface area contributed by atoms with Crippen LogP contribution in [-0.2, 0) is 6.42 Å². The first-order valence-electron chi connectivity index (χ1n) is 6.96. The van der Waals surface area contributed by atoms with Gasteiger partial charge in [-0.2, -0.15) is 0 Å². The second kappa shape index (κ2) is 7.36. The Kier molecular flexibility index (Phi) is 5.50. The van der Waals surface area contributed by atoms with Crippen LogP contribution in [0.2, 0.25) is 5.02 Å². The second-order valence-electron chi connectivity index (χ2n) is 5.14. The van der Waals surface area contributed by atoms with E-state index in [0.717, 1.165) is 25.0 Å². The molecule has 0 aromatic heterocycles. The summed E-state index contributed by atoms with van der Waals surface area (Å²) < 4.78 is 26.2. The summed E-state index contributed by atoms with van der Waals surface area (Å²) in [6.45, 7) is 1.86. The van der Waals surface area contributed by atoms with Gasteiger partial charge in [0.05, 0.1) is 10.6 Å². The van der Waals surface area contributed by atoms with Crippen LogP contribution in [-0.4, -0.2) is 11.9 Å². The predicted molar refractivity (Wildman–Crippen MR) is 83.1 cm³/mol. The zero-order valence-electron chi connectivity index (χ0n) is 12.1. The summed E-state index contributed by atoms with van der Waals surface area (Å²) in [5.74, 6) is -2.67. The van der Waals surface area contributed by atoms with Crippen molar-refractivity contribution >= 4 is 17.5 Å². The largest absolute Gasteiger partial charge is 0.350 e. The molecule has 2 nitrogen and oxygen atoms in total. The van der Waals surface area contributed by atoms with E-state index in [9.17, 15) is 13.6 Å². The minimum atomic E-state index is -1.09. The van der Waals surface area contributed by atoms with Gasteiger partial charge in [0.1, 0.15) is 0 Å². The highest BCUT2D eigenvalue weighted by molar-refractivity contribution is 6.33. The van der Waals surface area contributed by atoms with E-state index in [1.54, 1.807) is 0 Å². The standard InChI is InChI=1S/C17H16ClF2NO/c1-11(7-8-12-5-3-2-4-6-12)21-17(22)13-9-15(19)16(20)10-14(13)18/h2-6,9-11H,7-8H2,1H3,(H,21,22). The molecule has 0 radical (unpaired) electrons. The minimum absolute atomic E-state index is 0.0628. The molecule has 0 aliphatic carbocycles. The molecule has 2 aromatic rings. The third kappa shape index (κ3) is 4.28. The summed E-state index contributed by atoms with van der Waals surface area (Å²) in [6.07, 6.45) is 1.55. The molecule has 0 spiro atoms. The van der Waals surface area contributed by atoms with Crippen LogP contribution in [0.25, 0.3) is 0 Å². The van der Waals surface area contributed by atoms with Crippen LogP contribution in [0.4, 0.5) is 8.78 Å². The van der Waals surface area contributed by atoms with Crippen LogP contribution >= 0.6 is 11.6 Å². The molecular formula is C17H16ClF2NO. The summed E-state index contributed by atoms with van der Waals surface area (Å²) in [6, 6.07) is 11.4. The van der Waals surface area contributed by atoms with Gasteiger partial charge in [-0.3, -0.25) is 4.79 Å². The van der Waals surface area contributed by atoms with Crippen LogP contribution < -0.4 is 5.32 Å². The second-order valence-corrected chi connectivity index (χ2v) is 5.55. The molecule has 0 heterocycles. The Labute approximate surface area is 133 Å². The number of rotatable bonds is 5. The molecule has 0 saturated carbocycles. The summed E-state index contributed by atoms with van der Waals surface area (Å²) >= 11 is 5.79. The van der Waals surface area contributed by atoms with Crippen LogP contribution in [0.5, 0.6) is 0 Å². The monoisotopic (exact) mass is 323 g/mol. The number of halogens is 3. The van der Waals surface area contributed by atoms with Gasteiger partial charge in [0.2, 0.25) is 0 Å². The fourth-order valence-corrected chi connectivity index (χ4v) is 2.33. The Hall–Kier alpha value is -1.94. The molecule has 2 rings (SSSR count). The average molecular weight is 324 g/mol. The van der Waals surface area contributed by atoms with Crippen molar-refractivity contribution in [3.8, 4) is 0 Å². The van der Waals surface area contributed by atoms with Crippen molar-refractivity contribution in [1.29, 1.82) is 0 Å². The van der Waals surface area contributed by atoms with Gasteiger partial charge in [0, 0.05) is 6.04 Å². The lowest BCUT2D eigenvalue weighted by molar-refractivity contribution is 0.0938. The summed E-state index contributed by atoms with van der Waals surface area (Å²) in [5.41, 5.74) is 1.11. The molecule has 1 N–H and O–H groups in total. The van der Waals surface area contributed by atoms with E-state index in [1.807, 2.05) is 37.3 Å². The Morgan fingerprint density at radius 1 is 1.18 bits per heavy atom. The van der Waals surface area contributed by atoms with Crippen molar-refractivity contribution in [2.75, 3.05) is 0 Å². The number of benzene rings is 2. The van der Waals surface area contributed by atoms with Gasteiger partial charge >= 0.3 is 0 Å². The number of hydrogen-bond acceptors (Lipinski definition) is 1. The van der Waals surface area contributed by atoms with Crippen LogP contribution in [0.3, 0.4) is 0 Å². The smallest absolute Gasteiger partial charge is 0.253 e. The Balaban J connectivity index is 1.95. The molecule has 0 bridgehead atoms. The van der Waals surface area contributed by atoms with Crippen LogP contribution in [0, 0.1) is 11.6 Å². The van der Waals surface area contributed by atoms with E-state index in [1.165, 1.54) is 5.56 Å². The van der Waals surface area contributed by atoms with Gasteiger partial charge in [-0.15, -0.1) is 0 Å². The Morgan fingerprint density at radius 3 is 2.50 bits per heavy atom. The number of aryl methyl sites for hydroxylation is 1. The number of amides is 1. The van der Waals surface area contributed by atoms with Gasteiger partial charge in [-0.25, -0.2) is 8.78 Å². The van der Waals surface area contributed by atoms with Crippen LogP contribution in [0.1, 0.15) is 29.3 Å². The topological polar surface area (TPSA) is 29.1 Å². The van der Waals surface area contributed by atoms with Gasteiger partial charge in [-0.05, 0) is 37.5 Å². The normalized spacial score (nSPS) is 12.0. The van der Waals surface area contributed by atoms with E-state index >= 15 is 0 Å². The van der Waals surface area contributed by atoms with Crippen molar-refractivity contribution in [1.82, 2.24) is 5.32 Å².